The van der Waals surface area contributed by atoms with E-state index in [-0.39, 0.29) is 40.7 Å². The molecule has 3 amide bonds. The summed E-state index contributed by atoms with van der Waals surface area (Å²) in [6.45, 7) is 0. The number of nitrogens with one attached hydrogen (secondary N) is 1. The number of carbonyl (C=O) groups is 3. The number of para-hydroxylation sites is 1. The summed E-state index contributed by atoms with van der Waals surface area (Å²) in [5, 5.41) is 3.53. The maximum absolute atomic E-state index is 12.8. The number of methoxy groups -OCH3 is 1. The highest BCUT2D eigenvalue weighted by atomic mass is 32.2. The van der Waals surface area contributed by atoms with Gasteiger partial charge in [-0.05, 0) is 25.0 Å². The topological polar surface area (TPSA) is 88.9 Å². The molecule has 0 bridgehead atoms. The number of hydrogen-bond donors (Lipinski definition) is 1. The first kappa shape index (κ1) is 17.9. The molecule has 142 valence electrons. The Morgan fingerprint density at radius 1 is 1.30 bits per heavy atom. The number of nitrogens with zero attached hydrogens (tertiary/aromatic N) is 1. The van der Waals surface area contributed by atoms with Crippen LogP contribution >= 0.6 is 11.8 Å². The number of carbonyl (C=O) groups excluding carboxylic acids is 3. The molecule has 4 rings (SSSR count). The molecule has 2 atom stereocenters. The molecule has 2 fully saturated rings. The van der Waals surface area contributed by atoms with Crippen molar-refractivity contribution in [2.75, 3.05) is 12.9 Å². The van der Waals surface area contributed by atoms with Crippen LogP contribution in [-0.4, -0.2) is 46.9 Å². The summed E-state index contributed by atoms with van der Waals surface area (Å²) in [5.41, 5.74) is 0.520. The van der Waals surface area contributed by atoms with Crippen LogP contribution in [0.1, 0.15) is 36.2 Å². The van der Waals surface area contributed by atoms with Crippen molar-refractivity contribution in [1.82, 2.24) is 10.2 Å². The van der Waals surface area contributed by atoms with E-state index in [4.69, 9.17) is 9.15 Å². The summed E-state index contributed by atoms with van der Waals surface area (Å²) in [6, 6.07) is 6.56. The predicted molar refractivity (Wildman–Crippen MR) is 101 cm³/mol. The number of furan rings is 1. The molecule has 1 aromatic carbocycles. The van der Waals surface area contributed by atoms with Gasteiger partial charge in [0.2, 0.25) is 5.91 Å². The third-order valence-corrected chi connectivity index (χ3v) is 5.95. The summed E-state index contributed by atoms with van der Waals surface area (Å²) in [4.78, 5) is 38.3. The standard InChI is InChI=1S/C19H20N2O5S/c1-25-14-8-4-5-11-9-15(26-17(11)14)18(23)20-12-6-2-3-7-13(12)21-16(22)10-27-19(21)24/h4-5,8-9,12-13H,2-3,6-7,10H2,1H3,(H,20,23)/t12-,13+/m0/s1. The van der Waals surface area contributed by atoms with E-state index in [1.165, 1.54) is 4.90 Å². The van der Waals surface area contributed by atoms with Gasteiger partial charge in [-0.15, -0.1) is 0 Å². The molecule has 0 unspecified atom stereocenters. The average molecular weight is 388 g/mol. The van der Waals surface area contributed by atoms with E-state index in [2.05, 4.69) is 5.32 Å². The van der Waals surface area contributed by atoms with E-state index in [0.717, 1.165) is 36.4 Å². The fourth-order valence-corrected chi connectivity index (χ4v) is 4.58. The highest BCUT2D eigenvalue weighted by molar-refractivity contribution is 8.14. The highest BCUT2D eigenvalue weighted by Gasteiger charge is 2.41. The number of amides is 3. The monoisotopic (exact) mass is 388 g/mol. The minimum absolute atomic E-state index is 0.176. The molecule has 2 aromatic rings. The quantitative estimate of drug-likeness (QED) is 0.865. The van der Waals surface area contributed by atoms with Crippen molar-refractivity contribution in [1.29, 1.82) is 0 Å². The second kappa shape index (κ2) is 7.26. The molecule has 1 aromatic heterocycles. The summed E-state index contributed by atoms with van der Waals surface area (Å²) < 4.78 is 11.0. The van der Waals surface area contributed by atoms with Gasteiger partial charge < -0.3 is 14.5 Å². The van der Waals surface area contributed by atoms with Gasteiger partial charge in [0.05, 0.1) is 24.9 Å². The molecular weight excluding hydrogens is 368 g/mol. The lowest BCUT2D eigenvalue weighted by Gasteiger charge is -2.36. The predicted octanol–water partition coefficient (Wildman–Crippen LogP) is 3.18. The maximum Gasteiger partial charge on any atom is 0.289 e. The van der Waals surface area contributed by atoms with Crippen molar-refractivity contribution < 1.29 is 23.5 Å². The summed E-state index contributed by atoms with van der Waals surface area (Å²) >= 11 is 1.02. The molecule has 1 aliphatic carbocycles. The second-order valence-electron chi connectivity index (χ2n) is 6.74. The molecular formula is C19H20N2O5S. The Labute approximate surface area is 160 Å². The van der Waals surface area contributed by atoms with Crippen molar-refractivity contribution in [3.8, 4) is 5.75 Å². The van der Waals surface area contributed by atoms with Crippen LogP contribution in [0.15, 0.2) is 28.7 Å². The molecule has 1 saturated heterocycles. The molecule has 1 saturated carbocycles. The van der Waals surface area contributed by atoms with Gasteiger partial charge >= 0.3 is 0 Å². The Balaban J connectivity index is 1.55. The number of imide groups is 1. The summed E-state index contributed by atoms with van der Waals surface area (Å²) in [7, 11) is 1.55. The molecule has 8 heteroatoms. The van der Waals surface area contributed by atoms with Crippen LogP contribution < -0.4 is 10.1 Å². The third kappa shape index (κ3) is 3.29. The Hall–Kier alpha value is -2.48. The smallest absolute Gasteiger partial charge is 0.289 e. The first-order valence-corrected chi connectivity index (χ1v) is 9.93. The van der Waals surface area contributed by atoms with E-state index in [0.29, 0.717) is 17.8 Å². The Bertz CT molecular complexity index is 893. The molecule has 2 heterocycles. The minimum atomic E-state index is -0.350. The lowest BCUT2D eigenvalue weighted by atomic mass is 9.89. The highest BCUT2D eigenvalue weighted by Crippen LogP contribution is 2.31. The SMILES string of the molecule is COc1cccc2cc(C(=O)N[C@H]3CCCC[C@H]3N3C(=O)CSC3=O)oc12. The molecule has 2 aliphatic rings. The lowest BCUT2D eigenvalue weighted by Crippen LogP contribution is -2.54. The van der Waals surface area contributed by atoms with Gasteiger partial charge in [-0.2, -0.15) is 0 Å². The Morgan fingerprint density at radius 3 is 2.85 bits per heavy atom. The van der Waals surface area contributed by atoms with E-state index in [1.54, 1.807) is 19.2 Å². The first-order chi connectivity index (χ1) is 13.1. The van der Waals surface area contributed by atoms with E-state index < -0.39 is 0 Å². The van der Waals surface area contributed by atoms with Gasteiger partial charge in [0.15, 0.2) is 17.1 Å². The van der Waals surface area contributed by atoms with E-state index >= 15 is 0 Å². The number of rotatable bonds is 4. The number of fused-ring (bicyclic) bond motifs is 1. The Morgan fingerprint density at radius 2 is 2.11 bits per heavy atom. The molecule has 7 nitrogen and oxygen atoms in total. The van der Waals surface area contributed by atoms with Crippen LogP contribution in [0, 0.1) is 0 Å². The number of benzene rings is 1. The normalized spacial score (nSPS) is 23.1. The van der Waals surface area contributed by atoms with Crippen molar-refractivity contribution in [3.63, 3.8) is 0 Å². The first-order valence-electron chi connectivity index (χ1n) is 8.94. The fraction of sp³-hybridized carbons (Fsp3) is 0.421. The number of thioether (sulfide) groups is 1. The molecule has 0 radical (unpaired) electrons. The lowest BCUT2D eigenvalue weighted by molar-refractivity contribution is -0.127. The minimum Gasteiger partial charge on any atom is -0.493 e. The van der Waals surface area contributed by atoms with Crippen LogP contribution in [-0.2, 0) is 4.79 Å². The number of hydrogen-bond acceptors (Lipinski definition) is 6. The average Bonchev–Trinajstić information content (AvgIpc) is 3.25. The zero-order chi connectivity index (χ0) is 19.0. The van der Waals surface area contributed by atoms with Gasteiger partial charge in [-0.1, -0.05) is 36.7 Å². The van der Waals surface area contributed by atoms with Gasteiger partial charge in [0, 0.05) is 5.39 Å². The van der Waals surface area contributed by atoms with Crippen molar-refractivity contribution in [2.45, 2.75) is 37.8 Å². The van der Waals surface area contributed by atoms with Crippen LogP contribution in [0.25, 0.3) is 11.0 Å². The fourth-order valence-electron chi connectivity index (χ4n) is 3.82. The van der Waals surface area contributed by atoms with Crippen LogP contribution in [0.4, 0.5) is 4.79 Å². The van der Waals surface area contributed by atoms with Crippen LogP contribution in [0.2, 0.25) is 0 Å². The summed E-state index contributed by atoms with van der Waals surface area (Å²) in [5.74, 6) is 0.403. The second-order valence-corrected chi connectivity index (χ2v) is 7.67. The zero-order valence-corrected chi connectivity index (χ0v) is 15.7. The van der Waals surface area contributed by atoms with Crippen molar-refractivity contribution in [2.24, 2.45) is 0 Å². The van der Waals surface area contributed by atoms with Gasteiger partial charge in [0.1, 0.15) is 0 Å². The Kier molecular flexibility index (Phi) is 4.82. The van der Waals surface area contributed by atoms with Gasteiger partial charge in [0.25, 0.3) is 11.1 Å². The molecule has 1 aliphatic heterocycles. The van der Waals surface area contributed by atoms with Crippen LogP contribution in [0.3, 0.4) is 0 Å². The van der Waals surface area contributed by atoms with E-state index in [1.807, 2.05) is 12.1 Å². The third-order valence-electron chi connectivity index (χ3n) is 5.11. The molecule has 27 heavy (non-hydrogen) atoms. The molecule has 0 spiro atoms. The largest absolute Gasteiger partial charge is 0.493 e. The van der Waals surface area contributed by atoms with Crippen molar-refractivity contribution >= 4 is 39.8 Å². The zero-order valence-electron chi connectivity index (χ0n) is 14.9. The summed E-state index contributed by atoms with van der Waals surface area (Å²) in [6.07, 6.45) is 3.30. The molecule has 1 N–H and O–H groups in total. The van der Waals surface area contributed by atoms with Crippen molar-refractivity contribution in [3.05, 3.63) is 30.0 Å². The maximum atomic E-state index is 12.8. The van der Waals surface area contributed by atoms with E-state index in [9.17, 15) is 14.4 Å². The van der Waals surface area contributed by atoms with Gasteiger partial charge in [-0.3, -0.25) is 19.3 Å². The van der Waals surface area contributed by atoms with Gasteiger partial charge in [-0.25, -0.2) is 0 Å². The number of ether oxygens (including phenoxy) is 1. The van der Waals surface area contributed by atoms with Crippen LogP contribution in [0.5, 0.6) is 5.75 Å².